The van der Waals surface area contributed by atoms with Crippen molar-refractivity contribution in [1.29, 1.82) is 0 Å². The largest absolute Gasteiger partial charge is 0.359 e. The average molecular weight is 246 g/mol. The Morgan fingerprint density at radius 1 is 1.39 bits per heavy atom. The fourth-order valence-corrected chi connectivity index (χ4v) is 2.03. The monoisotopic (exact) mass is 246 g/mol. The van der Waals surface area contributed by atoms with Crippen LogP contribution in [0.25, 0.3) is 0 Å². The molecular formula is C13H18N4O. The maximum absolute atomic E-state index is 5.33. The highest BCUT2D eigenvalue weighted by Gasteiger charge is 2.20. The molecule has 0 aromatic carbocycles. The molecule has 1 N–H and O–H groups in total. The quantitative estimate of drug-likeness (QED) is 0.874. The van der Waals surface area contributed by atoms with Crippen molar-refractivity contribution in [3.63, 3.8) is 0 Å². The van der Waals surface area contributed by atoms with Gasteiger partial charge in [0.15, 0.2) is 5.76 Å². The molecule has 5 nitrogen and oxygen atoms in total. The molecule has 0 spiro atoms. The fourth-order valence-electron chi connectivity index (χ4n) is 2.03. The second kappa shape index (κ2) is 4.57. The van der Waals surface area contributed by atoms with Crippen LogP contribution in [-0.2, 0) is 13.1 Å². The Morgan fingerprint density at radius 3 is 2.89 bits per heavy atom. The SMILES string of the molecule is Cc1cc(C)n(Cc2cc(CNC3CC3)no2)n1. The van der Waals surface area contributed by atoms with Crippen molar-refractivity contribution in [3.05, 3.63) is 35.0 Å². The van der Waals surface area contributed by atoms with Crippen LogP contribution in [0, 0.1) is 13.8 Å². The van der Waals surface area contributed by atoms with Gasteiger partial charge in [0.05, 0.1) is 11.4 Å². The summed E-state index contributed by atoms with van der Waals surface area (Å²) in [7, 11) is 0. The van der Waals surface area contributed by atoms with Gasteiger partial charge in [0, 0.05) is 24.3 Å². The minimum Gasteiger partial charge on any atom is -0.359 e. The Morgan fingerprint density at radius 2 is 2.22 bits per heavy atom. The molecule has 2 aromatic rings. The highest BCUT2D eigenvalue weighted by atomic mass is 16.5. The molecule has 0 aliphatic heterocycles. The summed E-state index contributed by atoms with van der Waals surface area (Å²) in [6.07, 6.45) is 2.58. The maximum atomic E-state index is 5.33. The van der Waals surface area contributed by atoms with Crippen LogP contribution in [-0.4, -0.2) is 21.0 Å². The Hall–Kier alpha value is -1.62. The van der Waals surface area contributed by atoms with Crippen molar-refractivity contribution in [1.82, 2.24) is 20.3 Å². The van der Waals surface area contributed by atoms with Crippen LogP contribution >= 0.6 is 0 Å². The maximum Gasteiger partial charge on any atom is 0.158 e. The van der Waals surface area contributed by atoms with Gasteiger partial charge in [-0.3, -0.25) is 4.68 Å². The van der Waals surface area contributed by atoms with Crippen LogP contribution in [0.1, 0.15) is 35.7 Å². The van der Waals surface area contributed by atoms with E-state index in [9.17, 15) is 0 Å². The van der Waals surface area contributed by atoms with Crippen molar-refractivity contribution in [3.8, 4) is 0 Å². The van der Waals surface area contributed by atoms with E-state index >= 15 is 0 Å². The minimum atomic E-state index is 0.649. The Bertz CT molecular complexity index is 539. The van der Waals surface area contributed by atoms with Crippen LogP contribution in [0.15, 0.2) is 16.7 Å². The Labute approximate surface area is 106 Å². The molecule has 0 saturated heterocycles. The zero-order chi connectivity index (χ0) is 12.5. The van der Waals surface area contributed by atoms with E-state index in [0.717, 1.165) is 29.4 Å². The van der Waals surface area contributed by atoms with E-state index in [4.69, 9.17) is 4.52 Å². The van der Waals surface area contributed by atoms with Gasteiger partial charge < -0.3 is 9.84 Å². The topological polar surface area (TPSA) is 55.9 Å². The first-order valence-corrected chi connectivity index (χ1v) is 6.39. The van der Waals surface area contributed by atoms with Gasteiger partial charge in [-0.25, -0.2) is 0 Å². The Balaban J connectivity index is 1.63. The average Bonchev–Trinajstić information content (AvgIpc) is 2.97. The normalized spacial score (nSPS) is 15.2. The zero-order valence-electron chi connectivity index (χ0n) is 10.8. The fraction of sp³-hybridized carbons (Fsp3) is 0.538. The van der Waals surface area contributed by atoms with E-state index in [0.29, 0.717) is 12.6 Å². The molecular weight excluding hydrogens is 228 g/mol. The van der Waals surface area contributed by atoms with E-state index in [-0.39, 0.29) is 0 Å². The third-order valence-electron chi connectivity index (χ3n) is 3.17. The predicted molar refractivity (Wildman–Crippen MR) is 67.2 cm³/mol. The summed E-state index contributed by atoms with van der Waals surface area (Å²) in [6, 6.07) is 4.76. The van der Waals surface area contributed by atoms with Gasteiger partial charge in [0.25, 0.3) is 0 Å². The van der Waals surface area contributed by atoms with Crippen LogP contribution in [0.5, 0.6) is 0 Å². The molecule has 0 amide bonds. The summed E-state index contributed by atoms with van der Waals surface area (Å²) in [4.78, 5) is 0. The first kappa shape index (κ1) is 11.5. The molecule has 2 heterocycles. The second-order valence-corrected chi connectivity index (χ2v) is 5.02. The van der Waals surface area contributed by atoms with E-state index in [2.05, 4.69) is 21.6 Å². The molecule has 1 saturated carbocycles. The van der Waals surface area contributed by atoms with Crippen LogP contribution in [0.3, 0.4) is 0 Å². The minimum absolute atomic E-state index is 0.649. The Kier molecular flexibility index (Phi) is 2.91. The lowest BCUT2D eigenvalue weighted by Crippen LogP contribution is -2.15. The summed E-state index contributed by atoms with van der Waals surface area (Å²) in [5.41, 5.74) is 3.14. The van der Waals surface area contributed by atoms with Crippen molar-refractivity contribution < 1.29 is 4.52 Å². The lowest BCUT2D eigenvalue weighted by atomic mass is 10.3. The van der Waals surface area contributed by atoms with Gasteiger partial charge in [-0.2, -0.15) is 5.10 Å². The predicted octanol–water partition coefficient (Wildman–Crippen LogP) is 1.79. The van der Waals surface area contributed by atoms with Crippen molar-refractivity contribution in [2.45, 2.75) is 45.8 Å². The summed E-state index contributed by atoms with van der Waals surface area (Å²) < 4.78 is 7.27. The molecule has 5 heteroatoms. The number of hydrogen-bond donors (Lipinski definition) is 1. The van der Waals surface area contributed by atoms with E-state index in [1.54, 1.807) is 0 Å². The first-order valence-electron chi connectivity index (χ1n) is 6.39. The third-order valence-corrected chi connectivity index (χ3v) is 3.17. The van der Waals surface area contributed by atoms with Gasteiger partial charge in [-0.1, -0.05) is 5.16 Å². The molecule has 1 aliphatic carbocycles. The van der Waals surface area contributed by atoms with E-state index < -0.39 is 0 Å². The summed E-state index contributed by atoms with van der Waals surface area (Å²) in [5, 5.41) is 11.9. The summed E-state index contributed by atoms with van der Waals surface area (Å²) in [6.45, 7) is 5.49. The van der Waals surface area contributed by atoms with Crippen molar-refractivity contribution >= 4 is 0 Å². The lowest BCUT2D eigenvalue weighted by molar-refractivity contribution is 0.363. The number of aryl methyl sites for hydroxylation is 2. The van der Waals surface area contributed by atoms with Gasteiger partial charge in [-0.05, 0) is 32.8 Å². The number of aromatic nitrogens is 3. The molecule has 0 unspecified atom stereocenters. The summed E-state index contributed by atoms with van der Waals surface area (Å²) in [5.74, 6) is 0.855. The standard InChI is InChI=1S/C13H18N4O/c1-9-5-10(2)17(15-9)8-13-6-12(16-18-13)7-14-11-3-4-11/h5-6,11,14H,3-4,7-8H2,1-2H3. The second-order valence-electron chi connectivity index (χ2n) is 5.02. The number of rotatable bonds is 5. The molecule has 0 bridgehead atoms. The molecule has 1 aliphatic rings. The highest BCUT2D eigenvalue weighted by Crippen LogP contribution is 2.19. The van der Waals surface area contributed by atoms with Gasteiger partial charge in [0.1, 0.15) is 6.54 Å². The zero-order valence-corrected chi connectivity index (χ0v) is 10.8. The van der Waals surface area contributed by atoms with Crippen LogP contribution < -0.4 is 5.32 Å². The van der Waals surface area contributed by atoms with Gasteiger partial charge in [-0.15, -0.1) is 0 Å². The lowest BCUT2D eigenvalue weighted by Gasteiger charge is -1.99. The van der Waals surface area contributed by atoms with E-state index in [1.165, 1.54) is 12.8 Å². The van der Waals surface area contributed by atoms with E-state index in [1.807, 2.05) is 24.6 Å². The summed E-state index contributed by atoms with van der Waals surface area (Å²) >= 11 is 0. The van der Waals surface area contributed by atoms with Crippen molar-refractivity contribution in [2.75, 3.05) is 0 Å². The molecule has 18 heavy (non-hydrogen) atoms. The molecule has 0 atom stereocenters. The first-order chi connectivity index (χ1) is 8.70. The van der Waals surface area contributed by atoms with Gasteiger partial charge >= 0.3 is 0 Å². The molecule has 3 rings (SSSR count). The number of nitrogens with zero attached hydrogens (tertiary/aromatic N) is 3. The molecule has 96 valence electrons. The molecule has 1 fully saturated rings. The third kappa shape index (κ3) is 2.61. The molecule has 0 radical (unpaired) electrons. The van der Waals surface area contributed by atoms with Crippen molar-refractivity contribution in [2.24, 2.45) is 0 Å². The number of hydrogen-bond acceptors (Lipinski definition) is 4. The van der Waals surface area contributed by atoms with Crippen LogP contribution in [0.2, 0.25) is 0 Å². The van der Waals surface area contributed by atoms with Crippen LogP contribution in [0.4, 0.5) is 0 Å². The highest BCUT2D eigenvalue weighted by molar-refractivity contribution is 5.10. The molecule has 2 aromatic heterocycles. The number of nitrogens with one attached hydrogen (secondary N) is 1. The smallest absolute Gasteiger partial charge is 0.158 e. The van der Waals surface area contributed by atoms with Gasteiger partial charge in [0.2, 0.25) is 0 Å².